The Morgan fingerprint density at radius 3 is 2.67 bits per heavy atom. The van der Waals surface area contributed by atoms with Gasteiger partial charge in [0.1, 0.15) is 0 Å². The third kappa shape index (κ3) is 4.56. The number of hydrogen-bond donors (Lipinski definition) is 1. The highest BCUT2D eigenvalue weighted by molar-refractivity contribution is 9.09. The van der Waals surface area contributed by atoms with Crippen molar-refractivity contribution >= 4 is 21.9 Å². The number of ether oxygens (including phenoxy) is 2. The van der Waals surface area contributed by atoms with Crippen LogP contribution in [0.25, 0.3) is 0 Å². The van der Waals surface area contributed by atoms with Crippen molar-refractivity contribution in [2.45, 2.75) is 19.3 Å². The van der Waals surface area contributed by atoms with Crippen molar-refractivity contribution < 1.29 is 19.4 Å². The van der Waals surface area contributed by atoms with Gasteiger partial charge in [0.15, 0.2) is 11.5 Å². The number of aromatic carboxylic acids is 1. The Morgan fingerprint density at radius 2 is 2.06 bits per heavy atom. The van der Waals surface area contributed by atoms with Crippen LogP contribution in [0.4, 0.5) is 0 Å². The minimum atomic E-state index is -0.975. The Hall–Kier alpha value is -1.23. The molecule has 1 aromatic rings. The first-order chi connectivity index (χ1) is 8.69. The maximum absolute atomic E-state index is 10.8. The quantitative estimate of drug-likeness (QED) is 0.590. The first kappa shape index (κ1) is 14.8. The summed E-state index contributed by atoms with van der Waals surface area (Å²) in [5.41, 5.74) is 0.193. The smallest absolute Gasteiger partial charge is 0.335 e. The first-order valence-electron chi connectivity index (χ1n) is 5.79. The molecule has 0 heterocycles. The molecule has 0 aliphatic rings. The summed E-state index contributed by atoms with van der Waals surface area (Å²) in [6.07, 6.45) is 3.19. The second kappa shape index (κ2) is 7.97. The molecule has 0 saturated carbocycles. The Bertz CT molecular complexity index is 393. The minimum absolute atomic E-state index is 0.193. The van der Waals surface area contributed by atoms with Crippen LogP contribution in [-0.4, -0.2) is 30.1 Å². The van der Waals surface area contributed by atoms with E-state index in [0.717, 1.165) is 24.6 Å². The third-order valence-electron chi connectivity index (χ3n) is 2.45. The molecule has 0 fully saturated rings. The van der Waals surface area contributed by atoms with Crippen LogP contribution in [0.3, 0.4) is 0 Å². The van der Waals surface area contributed by atoms with Crippen LogP contribution in [0.5, 0.6) is 11.5 Å². The summed E-state index contributed by atoms with van der Waals surface area (Å²) < 4.78 is 10.7. The number of benzene rings is 1. The van der Waals surface area contributed by atoms with E-state index in [-0.39, 0.29) is 5.56 Å². The van der Waals surface area contributed by atoms with Gasteiger partial charge in [-0.3, -0.25) is 0 Å². The maximum Gasteiger partial charge on any atom is 0.335 e. The standard InChI is InChI=1S/C13H17BrO4/c1-17-12-9-10(13(15)16)5-6-11(12)18-8-4-2-3-7-14/h5-6,9H,2-4,7-8H2,1H3,(H,15,16). The number of carboxylic acids is 1. The predicted octanol–water partition coefficient (Wildman–Crippen LogP) is 3.34. The van der Waals surface area contributed by atoms with Crippen molar-refractivity contribution in [3.63, 3.8) is 0 Å². The van der Waals surface area contributed by atoms with Crippen LogP contribution in [0.15, 0.2) is 18.2 Å². The van der Waals surface area contributed by atoms with Gasteiger partial charge in [-0.2, -0.15) is 0 Å². The molecular formula is C13H17BrO4. The molecular weight excluding hydrogens is 300 g/mol. The molecule has 4 nitrogen and oxygen atoms in total. The Balaban J connectivity index is 2.57. The van der Waals surface area contributed by atoms with E-state index in [2.05, 4.69) is 15.9 Å². The number of halogens is 1. The summed E-state index contributed by atoms with van der Waals surface area (Å²) in [6, 6.07) is 4.61. The summed E-state index contributed by atoms with van der Waals surface area (Å²) in [5, 5.41) is 9.87. The lowest BCUT2D eigenvalue weighted by Gasteiger charge is -2.11. The van der Waals surface area contributed by atoms with E-state index in [4.69, 9.17) is 14.6 Å². The van der Waals surface area contributed by atoms with Crippen LogP contribution in [-0.2, 0) is 0 Å². The number of rotatable bonds is 8. The highest BCUT2D eigenvalue weighted by Crippen LogP contribution is 2.28. The van der Waals surface area contributed by atoms with Gasteiger partial charge in [0.25, 0.3) is 0 Å². The molecule has 18 heavy (non-hydrogen) atoms. The van der Waals surface area contributed by atoms with Gasteiger partial charge in [-0.05, 0) is 37.5 Å². The molecule has 5 heteroatoms. The van der Waals surface area contributed by atoms with Crippen molar-refractivity contribution in [1.29, 1.82) is 0 Å². The molecule has 0 unspecified atom stereocenters. The minimum Gasteiger partial charge on any atom is -0.493 e. The molecule has 0 atom stereocenters. The fourth-order valence-electron chi connectivity index (χ4n) is 1.48. The lowest BCUT2D eigenvalue weighted by Crippen LogP contribution is -2.02. The van der Waals surface area contributed by atoms with Crippen molar-refractivity contribution in [2.75, 3.05) is 19.0 Å². The Morgan fingerprint density at radius 1 is 1.28 bits per heavy atom. The zero-order valence-corrected chi connectivity index (χ0v) is 11.9. The molecule has 0 saturated heterocycles. The largest absolute Gasteiger partial charge is 0.493 e. The molecule has 0 radical (unpaired) electrons. The van der Waals surface area contributed by atoms with Gasteiger partial charge >= 0.3 is 5.97 Å². The van der Waals surface area contributed by atoms with Gasteiger partial charge in [-0.25, -0.2) is 4.79 Å². The number of alkyl halides is 1. The van der Waals surface area contributed by atoms with Crippen LogP contribution >= 0.6 is 15.9 Å². The molecule has 0 aromatic heterocycles. The molecule has 0 aliphatic heterocycles. The summed E-state index contributed by atoms with van der Waals surface area (Å²) in [7, 11) is 1.50. The lowest BCUT2D eigenvalue weighted by molar-refractivity contribution is 0.0696. The van der Waals surface area contributed by atoms with Crippen molar-refractivity contribution in [3.05, 3.63) is 23.8 Å². The fourth-order valence-corrected chi connectivity index (χ4v) is 1.87. The van der Waals surface area contributed by atoms with Gasteiger partial charge in [0.2, 0.25) is 0 Å². The molecule has 0 aliphatic carbocycles. The third-order valence-corrected chi connectivity index (χ3v) is 3.01. The average Bonchev–Trinajstić information content (AvgIpc) is 2.38. The molecule has 1 rings (SSSR count). The van der Waals surface area contributed by atoms with E-state index >= 15 is 0 Å². The molecule has 100 valence electrons. The van der Waals surface area contributed by atoms with Crippen molar-refractivity contribution in [3.8, 4) is 11.5 Å². The molecule has 0 bridgehead atoms. The fraction of sp³-hybridized carbons (Fsp3) is 0.462. The second-order valence-electron chi connectivity index (χ2n) is 3.77. The number of unbranched alkanes of at least 4 members (excludes halogenated alkanes) is 2. The highest BCUT2D eigenvalue weighted by Gasteiger charge is 2.09. The van der Waals surface area contributed by atoms with Crippen LogP contribution in [0.2, 0.25) is 0 Å². The summed E-state index contributed by atoms with van der Waals surface area (Å²) in [6.45, 7) is 0.607. The average molecular weight is 317 g/mol. The molecule has 1 N–H and O–H groups in total. The Kier molecular flexibility index (Phi) is 6.57. The van der Waals surface area contributed by atoms with Crippen molar-refractivity contribution in [1.82, 2.24) is 0 Å². The highest BCUT2D eigenvalue weighted by atomic mass is 79.9. The normalized spacial score (nSPS) is 10.1. The molecule has 0 spiro atoms. The van der Waals surface area contributed by atoms with E-state index in [9.17, 15) is 4.79 Å². The number of carboxylic acid groups (broad SMARTS) is 1. The van der Waals surface area contributed by atoms with Gasteiger partial charge in [-0.15, -0.1) is 0 Å². The second-order valence-corrected chi connectivity index (χ2v) is 4.56. The zero-order chi connectivity index (χ0) is 13.4. The van der Waals surface area contributed by atoms with Gasteiger partial charge in [-0.1, -0.05) is 15.9 Å². The predicted molar refractivity (Wildman–Crippen MR) is 73.1 cm³/mol. The van der Waals surface area contributed by atoms with E-state index in [1.165, 1.54) is 19.2 Å². The number of hydrogen-bond acceptors (Lipinski definition) is 3. The number of methoxy groups -OCH3 is 1. The SMILES string of the molecule is COc1cc(C(=O)O)ccc1OCCCCCBr. The van der Waals surface area contributed by atoms with E-state index in [1.807, 2.05) is 0 Å². The van der Waals surface area contributed by atoms with Crippen LogP contribution in [0, 0.1) is 0 Å². The zero-order valence-electron chi connectivity index (χ0n) is 10.3. The first-order valence-corrected chi connectivity index (χ1v) is 6.91. The maximum atomic E-state index is 10.8. The lowest BCUT2D eigenvalue weighted by atomic mass is 10.2. The number of carbonyl (C=O) groups is 1. The van der Waals surface area contributed by atoms with Crippen LogP contribution in [0.1, 0.15) is 29.6 Å². The van der Waals surface area contributed by atoms with Crippen molar-refractivity contribution in [2.24, 2.45) is 0 Å². The topological polar surface area (TPSA) is 55.8 Å². The molecule has 1 aromatic carbocycles. The van der Waals surface area contributed by atoms with E-state index < -0.39 is 5.97 Å². The van der Waals surface area contributed by atoms with E-state index in [1.54, 1.807) is 6.07 Å². The monoisotopic (exact) mass is 316 g/mol. The van der Waals surface area contributed by atoms with E-state index in [0.29, 0.717) is 18.1 Å². The summed E-state index contributed by atoms with van der Waals surface area (Å²) in [5.74, 6) is 0.0638. The Labute approximate surface area is 115 Å². The summed E-state index contributed by atoms with van der Waals surface area (Å²) in [4.78, 5) is 10.8. The van der Waals surface area contributed by atoms with Gasteiger partial charge < -0.3 is 14.6 Å². The molecule has 0 amide bonds. The van der Waals surface area contributed by atoms with Gasteiger partial charge in [0.05, 0.1) is 19.3 Å². The van der Waals surface area contributed by atoms with Gasteiger partial charge in [0, 0.05) is 5.33 Å². The van der Waals surface area contributed by atoms with Crippen LogP contribution < -0.4 is 9.47 Å². The summed E-state index contributed by atoms with van der Waals surface area (Å²) >= 11 is 3.37.